The van der Waals surface area contributed by atoms with Crippen LogP contribution < -0.4 is 14.9 Å². The highest BCUT2D eigenvalue weighted by Crippen LogP contribution is 2.34. The van der Waals surface area contributed by atoms with E-state index in [4.69, 9.17) is 9.47 Å². The monoisotopic (exact) mass is 405 g/mol. The molecule has 0 bridgehead atoms. The number of nitro groups is 1. The van der Waals surface area contributed by atoms with Crippen molar-refractivity contribution in [2.45, 2.75) is 0 Å². The van der Waals surface area contributed by atoms with E-state index in [1.54, 1.807) is 0 Å². The Morgan fingerprint density at radius 3 is 1.87 bits per heavy atom. The summed E-state index contributed by atoms with van der Waals surface area (Å²) in [6.45, 7) is 0. The molecule has 0 atom stereocenters. The van der Waals surface area contributed by atoms with E-state index in [1.807, 2.05) is 60.7 Å². The summed E-state index contributed by atoms with van der Waals surface area (Å²) in [4.78, 5) is 23.6. The molecule has 0 radical (unpaired) electrons. The average Bonchev–Trinajstić information content (AvgIpc) is 2.79. The molecular weight excluding hydrogens is 386 g/mol. The molecule has 0 aliphatic rings. The number of hydrazone groups is 1. The normalized spacial score (nSPS) is 10.1. The van der Waals surface area contributed by atoms with Crippen molar-refractivity contribution in [3.63, 3.8) is 0 Å². The zero-order chi connectivity index (χ0) is 21.5. The SMILES string of the molecule is COc1cc(C(=O)NN=C(c2ccccc2)c2ccccc2)c([N+](=O)[O-])cc1OC. The van der Waals surface area contributed by atoms with E-state index >= 15 is 0 Å². The van der Waals surface area contributed by atoms with E-state index < -0.39 is 16.5 Å². The van der Waals surface area contributed by atoms with Crippen molar-refractivity contribution in [1.29, 1.82) is 0 Å². The van der Waals surface area contributed by atoms with Crippen LogP contribution in [0, 0.1) is 10.1 Å². The van der Waals surface area contributed by atoms with Crippen LogP contribution >= 0.6 is 0 Å². The van der Waals surface area contributed by atoms with E-state index in [1.165, 1.54) is 20.3 Å². The topological polar surface area (TPSA) is 103 Å². The van der Waals surface area contributed by atoms with Crippen molar-refractivity contribution in [3.05, 3.63) is 99.6 Å². The molecule has 0 aliphatic carbocycles. The minimum Gasteiger partial charge on any atom is -0.493 e. The van der Waals surface area contributed by atoms with Gasteiger partial charge in [-0.05, 0) is 0 Å². The molecule has 0 saturated heterocycles. The summed E-state index contributed by atoms with van der Waals surface area (Å²) < 4.78 is 10.2. The first-order valence-electron chi connectivity index (χ1n) is 8.94. The molecular formula is C22H19N3O5. The molecule has 1 N–H and O–H groups in total. The van der Waals surface area contributed by atoms with Crippen LogP contribution in [0.5, 0.6) is 11.5 Å². The summed E-state index contributed by atoms with van der Waals surface area (Å²) in [7, 11) is 2.74. The fourth-order valence-electron chi connectivity index (χ4n) is 2.86. The Morgan fingerprint density at radius 1 is 0.900 bits per heavy atom. The van der Waals surface area contributed by atoms with E-state index in [9.17, 15) is 14.9 Å². The average molecular weight is 405 g/mol. The lowest BCUT2D eigenvalue weighted by atomic mass is 10.0. The predicted octanol–water partition coefficient (Wildman–Crippen LogP) is 3.79. The second kappa shape index (κ2) is 9.33. The Balaban J connectivity index is 2.01. The van der Waals surface area contributed by atoms with E-state index in [2.05, 4.69) is 10.5 Å². The molecule has 0 aliphatic heterocycles. The van der Waals surface area contributed by atoms with Crippen LogP contribution in [0.25, 0.3) is 0 Å². The second-order valence-electron chi connectivity index (χ2n) is 6.11. The Kier molecular flexibility index (Phi) is 6.39. The molecule has 0 heterocycles. The molecule has 3 rings (SSSR count). The standard InChI is InChI=1S/C22H19N3O5/c1-29-19-13-17(18(25(27)28)14-20(19)30-2)22(26)24-23-21(15-9-5-3-6-10-15)16-11-7-4-8-12-16/h3-14H,1-2H3,(H,24,26). The number of carbonyl (C=O) groups is 1. The lowest BCUT2D eigenvalue weighted by Crippen LogP contribution is -2.22. The maximum atomic E-state index is 12.8. The molecule has 0 aromatic heterocycles. The maximum Gasteiger partial charge on any atom is 0.286 e. The minimum atomic E-state index is -0.744. The molecule has 152 valence electrons. The largest absolute Gasteiger partial charge is 0.493 e. The zero-order valence-electron chi connectivity index (χ0n) is 16.4. The zero-order valence-corrected chi connectivity index (χ0v) is 16.4. The summed E-state index contributed by atoms with van der Waals surface area (Å²) >= 11 is 0. The third-order valence-corrected chi connectivity index (χ3v) is 4.31. The number of rotatable bonds is 7. The van der Waals surface area contributed by atoms with Crippen molar-refractivity contribution in [2.24, 2.45) is 5.10 Å². The number of ether oxygens (including phenoxy) is 2. The van der Waals surface area contributed by atoms with E-state index in [0.29, 0.717) is 5.71 Å². The Bertz CT molecular complexity index is 1040. The third kappa shape index (κ3) is 4.44. The lowest BCUT2D eigenvalue weighted by Gasteiger charge is -2.11. The van der Waals surface area contributed by atoms with Gasteiger partial charge in [0.05, 0.1) is 30.9 Å². The summed E-state index contributed by atoms with van der Waals surface area (Å²) in [6, 6.07) is 21.0. The van der Waals surface area contributed by atoms with Crippen LogP contribution in [-0.4, -0.2) is 30.8 Å². The molecule has 0 fully saturated rings. The van der Waals surface area contributed by atoms with Crippen molar-refractivity contribution in [2.75, 3.05) is 14.2 Å². The molecule has 3 aromatic rings. The number of hydrogen-bond donors (Lipinski definition) is 1. The Hall–Kier alpha value is -4.20. The summed E-state index contributed by atoms with van der Waals surface area (Å²) in [6.07, 6.45) is 0. The van der Waals surface area contributed by atoms with Crippen LogP contribution in [0.2, 0.25) is 0 Å². The number of methoxy groups -OCH3 is 2. The highest BCUT2D eigenvalue weighted by atomic mass is 16.6. The Morgan fingerprint density at radius 2 is 1.40 bits per heavy atom. The predicted molar refractivity (Wildman–Crippen MR) is 112 cm³/mol. The molecule has 0 unspecified atom stereocenters. The number of nitrogens with zero attached hydrogens (tertiary/aromatic N) is 2. The molecule has 0 spiro atoms. The molecule has 30 heavy (non-hydrogen) atoms. The first kappa shape index (κ1) is 20.5. The highest BCUT2D eigenvalue weighted by Gasteiger charge is 2.24. The number of benzene rings is 3. The van der Waals surface area contributed by atoms with Crippen molar-refractivity contribution < 1.29 is 19.2 Å². The van der Waals surface area contributed by atoms with Gasteiger partial charge < -0.3 is 9.47 Å². The molecule has 0 saturated carbocycles. The highest BCUT2D eigenvalue weighted by molar-refractivity contribution is 6.13. The summed E-state index contributed by atoms with van der Waals surface area (Å²) in [5, 5.41) is 15.7. The number of amides is 1. The fraction of sp³-hybridized carbons (Fsp3) is 0.0909. The number of nitro benzene ring substituents is 1. The van der Waals surface area contributed by atoms with Gasteiger partial charge in [-0.25, -0.2) is 5.43 Å². The first-order valence-corrected chi connectivity index (χ1v) is 8.94. The molecule has 1 amide bonds. The number of carbonyl (C=O) groups excluding carboxylic acids is 1. The van der Waals surface area contributed by atoms with Crippen molar-refractivity contribution in [1.82, 2.24) is 5.43 Å². The van der Waals surface area contributed by atoms with Crippen molar-refractivity contribution >= 4 is 17.3 Å². The lowest BCUT2D eigenvalue weighted by molar-refractivity contribution is -0.385. The first-order chi connectivity index (χ1) is 14.5. The fourth-order valence-corrected chi connectivity index (χ4v) is 2.86. The quantitative estimate of drug-likeness (QED) is 0.366. The van der Waals surface area contributed by atoms with Gasteiger partial charge in [-0.3, -0.25) is 14.9 Å². The van der Waals surface area contributed by atoms with Crippen LogP contribution in [-0.2, 0) is 0 Å². The second-order valence-corrected chi connectivity index (χ2v) is 6.11. The van der Waals surface area contributed by atoms with E-state index in [-0.39, 0.29) is 17.1 Å². The molecule has 8 heteroatoms. The van der Waals surface area contributed by atoms with Gasteiger partial charge >= 0.3 is 0 Å². The van der Waals surface area contributed by atoms with Crippen LogP contribution in [0.3, 0.4) is 0 Å². The smallest absolute Gasteiger partial charge is 0.286 e. The van der Waals surface area contributed by atoms with Gasteiger partial charge in [0, 0.05) is 17.2 Å². The molecule has 8 nitrogen and oxygen atoms in total. The van der Waals surface area contributed by atoms with Gasteiger partial charge in [0.25, 0.3) is 11.6 Å². The van der Waals surface area contributed by atoms with Gasteiger partial charge in [0.15, 0.2) is 11.5 Å². The maximum absolute atomic E-state index is 12.8. The summed E-state index contributed by atoms with van der Waals surface area (Å²) in [5.41, 5.74) is 3.91. The van der Waals surface area contributed by atoms with Crippen LogP contribution in [0.1, 0.15) is 21.5 Å². The van der Waals surface area contributed by atoms with Gasteiger partial charge in [0.1, 0.15) is 5.56 Å². The van der Waals surface area contributed by atoms with Crippen LogP contribution in [0.4, 0.5) is 5.69 Å². The number of hydrogen-bond acceptors (Lipinski definition) is 6. The van der Waals surface area contributed by atoms with Crippen LogP contribution in [0.15, 0.2) is 77.9 Å². The third-order valence-electron chi connectivity index (χ3n) is 4.31. The van der Waals surface area contributed by atoms with E-state index in [0.717, 1.165) is 17.2 Å². The number of nitrogens with one attached hydrogen (secondary N) is 1. The molecule has 3 aromatic carbocycles. The minimum absolute atomic E-state index is 0.151. The van der Waals surface area contributed by atoms with Gasteiger partial charge in [-0.15, -0.1) is 0 Å². The van der Waals surface area contributed by atoms with Gasteiger partial charge in [-0.2, -0.15) is 5.10 Å². The van der Waals surface area contributed by atoms with Crippen molar-refractivity contribution in [3.8, 4) is 11.5 Å². The summed E-state index contributed by atoms with van der Waals surface area (Å²) in [5.74, 6) is -0.394. The van der Waals surface area contributed by atoms with Gasteiger partial charge in [-0.1, -0.05) is 60.7 Å². The Labute approximate surface area is 172 Å². The van der Waals surface area contributed by atoms with Gasteiger partial charge in [0.2, 0.25) is 0 Å².